The molecular weight excluding hydrogens is 332 g/mol. The first kappa shape index (κ1) is 16.3. The van der Waals surface area contributed by atoms with Gasteiger partial charge in [0, 0.05) is 37.8 Å². The van der Waals surface area contributed by atoms with E-state index < -0.39 is 0 Å². The number of piperazine rings is 1. The SMILES string of the molecule is COc1ccc(C(=O)N2CCN(c3cnn4c(C)nnc4c3)CC2)cc1. The summed E-state index contributed by atoms with van der Waals surface area (Å²) in [5.74, 6) is 1.56. The van der Waals surface area contributed by atoms with Crippen LogP contribution in [-0.2, 0) is 0 Å². The molecule has 3 heterocycles. The van der Waals surface area contributed by atoms with Crippen LogP contribution < -0.4 is 9.64 Å². The van der Waals surface area contributed by atoms with Gasteiger partial charge in [0.1, 0.15) is 5.75 Å². The topological polar surface area (TPSA) is 75.9 Å². The molecular formula is C18H20N6O2. The average molecular weight is 352 g/mol. The first-order chi connectivity index (χ1) is 12.7. The van der Waals surface area contributed by atoms with E-state index in [1.54, 1.807) is 23.8 Å². The lowest BCUT2D eigenvalue weighted by atomic mass is 10.1. The van der Waals surface area contributed by atoms with Gasteiger partial charge in [0.25, 0.3) is 5.91 Å². The summed E-state index contributed by atoms with van der Waals surface area (Å²) in [5.41, 5.74) is 2.42. The molecule has 1 fully saturated rings. The molecule has 3 aromatic rings. The molecule has 1 saturated heterocycles. The summed E-state index contributed by atoms with van der Waals surface area (Å²) < 4.78 is 6.86. The Kier molecular flexibility index (Phi) is 4.16. The van der Waals surface area contributed by atoms with Crippen molar-refractivity contribution in [1.82, 2.24) is 24.7 Å². The standard InChI is InChI=1S/C18H20N6O2/c1-13-20-21-17-11-15(12-19-24(13)17)22-7-9-23(10-8-22)18(25)14-3-5-16(26-2)6-4-14/h3-6,11-12H,7-10H2,1-2H3. The maximum absolute atomic E-state index is 12.7. The molecule has 1 aliphatic rings. The van der Waals surface area contributed by atoms with Crippen molar-refractivity contribution in [3.05, 3.63) is 47.9 Å². The zero-order valence-electron chi connectivity index (χ0n) is 14.8. The number of amides is 1. The number of carbonyl (C=O) groups excluding carboxylic acids is 1. The minimum atomic E-state index is 0.0500. The third-order valence-corrected chi connectivity index (χ3v) is 4.67. The van der Waals surface area contributed by atoms with Crippen LogP contribution >= 0.6 is 0 Å². The van der Waals surface area contributed by atoms with Gasteiger partial charge >= 0.3 is 0 Å². The zero-order valence-corrected chi connectivity index (χ0v) is 14.8. The highest BCUT2D eigenvalue weighted by Gasteiger charge is 2.23. The molecule has 26 heavy (non-hydrogen) atoms. The molecule has 134 valence electrons. The smallest absolute Gasteiger partial charge is 0.253 e. The van der Waals surface area contributed by atoms with E-state index in [1.807, 2.05) is 36.2 Å². The number of hydrogen-bond donors (Lipinski definition) is 0. The van der Waals surface area contributed by atoms with Crippen molar-refractivity contribution in [1.29, 1.82) is 0 Å². The lowest BCUT2D eigenvalue weighted by Gasteiger charge is -2.36. The first-order valence-corrected chi connectivity index (χ1v) is 8.52. The molecule has 0 radical (unpaired) electrons. The van der Waals surface area contributed by atoms with Gasteiger partial charge in [0.15, 0.2) is 11.5 Å². The minimum Gasteiger partial charge on any atom is -0.497 e. The summed E-state index contributed by atoms with van der Waals surface area (Å²) in [6.07, 6.45) is 1.82. The highest BCUT2D eigenvalue weighted by Crippen LogP contribution is 2.19. The van der Waals surface area contributed by atoms with Crippen molar-refractivity contribution in [3.8, 4) is 5.75 Å². The van der Waals surface area contributed by atoms with Gasteiger partial charge < -0.3 is 14.5 Å². The Labute approximate surface area is 151 Å². The molecule has 0 aliphatic carbocycles. The normalized spacial score (nSPS) is 14.7. The number of aromatic nitrogens is 4. The van der Waals surface area contributed by atoms with Gasteiger partial charge in [-0.15, -0.1) is 10.2 Å². The molecule has 4 rings (SSSR count). The summed E-state index contributed by atoms with van der Waals surface area (Å²) in [4.78, 5) is 16.8. The molecule has 8 nitrogen and oxygen atoms in total. The fraction of sp³-hybridized carbons (Fsp3) is 0.333. The Balaban J connectivity index is 1.43. The molecule has 1 amide bonds. The number of nitrogens with zero attached hydrogens (tertiary/aromatic N) is 6. The molecule has 0 atom stereocenters. The van der Waals surface area contributed by atoms with Crippen LogP contribution in [0.4, 0.5) is 5.69 Å². The lowest BCUT2D eigenvalue weighted by molar-refractivity contribution is 0.0746. The van der Waals surface area contributed by atoms with Gasteiger partial charge in [-0.1, -0.05) is 0 Å². The molecule has 2 aromatic heterocycles. The fourth-order valence-electron chi connectivity index (χ4n) is 3.15. The van der Waals surface area contributed by atoms with Crippen LogP contribution in [0.25, 0.3) is 5.65 Å². The number of rotatable bonds is 3. The van der Waals surface area contributed by atoms with Crippen molar-refractivity contribution in [2.45, 2.75) is 6.92 Å². The Hall–Kier alpha value is -3.16. The van der Waals surface area contributed by atoms with Crippen LogP contribution in [0, 0.1) is 6.92 Å². The van der Waals surface area contributed by atoms with Gasteiger partial charge in [0.2, 0.25) is 0 Å². The monoisotopic (exact) mass is 352 g/mol. The van der Waals surface area contributed by atoms with E-state index in [9.17, 15) is 4.79 Å². The highest BCUT2D eigenvalue weighted by atomic mass is 16.5. The van der Waals surface area contributed by atoms with Crippen molar-refractivity contribution >= 4 is 17.2 Å². The minimum absolute atomic E-state index is 0.0500. The van der Waals surface area contributed by atoms with Gasteiger partial charge in [-0.05, 0) is 31.2 Å². The van der Waals surface area contributed by atoms with Crippen LogP contribution in [0.2, 0.25) is 0 Å². The third-order valence-electron chi connectivity index (χ3n) is 4.67. The lowest BCUT2D eigenvalue weighted by Crippen LogP contribution is -2.48. The zero-order chi connectivity index (χ0) is 18.1. The number of fused-ring (bicyclic) bond motifs is 1. The van der Waals surface area contributed by atoms with E-state index >= 15 is 0 Å². The molecule has 0 spiro atoms. The Morgan fingerprint density at radius 2 is 1.81 bits per heavy atom. The van der Waals surface area contributed by atoms with E-state index in [-0.39, 0.29) is 5.91 Å². The number of benzene rings is 1. The molecule has 1 aliphatic heterocycles. The van der Waals surface area contributed by atoms with Crippen LogP contribution in [0.3, 0.4) is 0 Å². The van der Waals surface area contributed by atoms with E-state index in [4.69, 9.17) is 4.74 Å². The number of aryl methyl sites for hydroxylation is 1. The van der Waals surface area contributed by atoms with Gasteiger partial charge in [-0.25, -0.2) is 0 Å². The van der Waals surface area contributed by atoms with Gasteiger partial charge in [-0.2, -0.15) is 9.61 Å². The largest absolute Gasteiger partial charge is 0.497 e. The van der Waals surface area contributed by atoms with Crippen LogP contribution in [0.5, 0.6) is 5.75 Å². The predicted molar refractivity (Wildman–Crippen MR) is 96.6 cm³/mol. The number of ether oxygens (including phenoxy) is 1. The number of methoxy groups -OCH3 is 1. The predicted octanol–water partition coefficient (Wildman–Crippen LogP) is 1.40. The van der Waals surface area contributed by atoms with Crippen LogP contribution in [-0.4, -0.2) is 63.9 Å². The Bertz CT molecular complexity index is 929. The summed E-state index contributed by atoms with van der Waals surface area (Å²) in [5, 5.41) is 12.5. The molecule has 0 bridgehead atoms. The maximum Gasteiger partial charge on any atom is 0.253 e. The third kappa shape index (κ3) is 2.94. The van der Waals surface area contributed by atoms with Crippen molar-refractivity contribution in [2.75, 3.05) is 38.2 Å². The summed E-state index contributed by atoms with van der Waals surface area (Å²) in [7, 11) is 1.61. The summed E-state index contributed by atoms with van der Waals surface area (Å²) >= 11 is 0. The second-order valence-corrected chi connectivity index (χ2v) is 6.24. The summed E-state index contributed by atoms with van der Waals surface area (Å²) in [6, 6.07) is 9.21. The van der Waals surface area contributed by atoms with Crippen molar-refractivity contribution in [3.63, 3.8) is 0 Å². The van der Waals surface area contributed by atoms with Gasteiger partial charge in [0.05, 0.1) is 19.0 Å². The van der Waals surface area contributed by atoms with E-state index in [2.05, 4.69) is 20.2 Å². The maximum atomic E-state index is 12.7. The number of anilines is 1. The molecule has 0 saturated carbocycles. The second-order valence-electron chi connectivity index (χ2n) is 6.24. The van der Waals surface area contributed by atoms with Crippen molar-refractivity contribution < 1.29 is 9.53 Å². The quantitative estimate of drug-likeness (QED) is 0.709. The molecule has 0 N–H and O–H groups in total. The van der Waals surface area contributed by atoms with E-state index in [0.29, 0.717) is 18.7 Å². The second kappa shape index (κ2) is 6.62. The molecule has 8 heteroatoms. The van der Waals surface area contributed by atoms with Crippen LogP contribution in [0.15, 0.2) is 36.5 Å². The Morgan fingerprint density at radius 3 is 2.50 bits per heavy atom. The highest BCUT2D eigenvalue weighted by molar-refractivity contribution is 5.94. The fourth-order valence-corrected chi connectivity index (χ4v) is 3.15. The average Bonchev–Trinajstić information content (AvgIpc) is 3.08. The first-order valence-electron chi connectivity index (χ1n) is 8.52. The van der Waals surface area contributed by atoms with Crippen LogP contribution in [0.1, 0.15) is 16.2 Å². The van der Waals surface area contributed by atoms with Gasteiger partial charge in [-0.3, -0.25) is 4.79 Å². The number of hydrogen-bond acceptors (Lipinski definition) is 6. The van der Waals surface area contributed by atoms with Crippen molar-refractivity contribution in [2.24, 2.45) is 0 Å². The number of carbonyl (C=O) groups is 1. The molecule has 1 aromatic carbocycles. The molecule has 0 unspecified atom stereocenters. The van der Waals surface area contributed by atoms with E-state index in [0.717, 1.165) is 36.0 Å². The Morgan fingerprint density at radius 1 is 1.08 bits per heavy atom. The van der Waals surface area contributed by atoms with E-state index in [1.165, 1.54) is 0 Å². The summed E-state index contributed by atoms with van der Waals surface area (Å²) in [6.45, 7) is 4.72.